The molecule has 3 heteroatoms. The molecule has 1 aliphatic rings. The molecule has 0 heterocycles. The summed E-state index contributed by atoms with van der Waals surface area (Å²) in [5.74, 6) is 0. The topological polar surface area (TPSA) is 0 Å². The number of hydrogen-bond donors (Lipinski definition) is 0. The summed E-state index contributed by atoms with van der Waals surface area (Å²) in [6.07, 6.45) is 11.9. The van der Waals surface area contributed by atoms with E-state index in [1.165, 1.54) is 31.3 Å². The van der Waals surface area contributed by atoms with Crippen molar-refractivity contribution in [3.8, 4) is 0 Å². The molecular formula is C9H14Cl2Ti. The molecule has 0 saturated carbocycles. The minimum absolute atomic E-state index is 0.556. The van der Waals surface area contributed by atoms with E-state index in [0.717, 1.165) is 0 Å². The third-order valence-electron chi connectivity index (χ3n) is 1.67. The van der Waals surface area contributed by atoms with Crippen molar-refractivity contribution in [3.63, 3.8) is 0 Å². The number of allylic oxidation sites excluding steroid dienone is 4. The SMILES string of the molecule is CCCCC1=CCC=C1.[Cl][Ti][Cl]. The molecule has 0 aromatic rings. The van der Waals surface area contributed by atoms with Gasteiger partial charge in [0.2, 0.25) is 0 Å². The number of halogens is 2. The molecule has 0 fully saturated rings. The van der Waals surface area contributed by atoms with Crippen LogP contribution in [0, 0.1) is 0 Å². The first-order chi connectivity index (χ1) is 5.85. The molecule has 0 aromatic heterocycles. The Balaban J connectivity index is 0.000000354. The second-order valence-corrected chi connectivity index (χ2v) is 5.17. The van der Waals surface area contributed by atoms with Crippen molar-refractivity contribution in [2.24, 2.45) is 0 Å². The van der Waals surface area contributed by atoms with E-state index in [0.29, 0.717) is 0 Å². The van der Waals surface area contributed by atoms with Crippen LogP contribution in [0.15, 0.2) is 23.8 Å². The zero-order valence-corrected chi connectivity index (χ0v) is 10.4. The van der Waals surface area contributed by atoms with Crippen molar-refractivity contribution < 1.29 is 17.0 Å². The summed E-state index contributed by atoms with van der Waals surface area (Å²) in [6.45, 7) is 2.24. The monoisotopic (exact) mass is 240 g/mol. The summed E-state index contributed by atoms with van der Waals surface area (Å²) in [4.78, 5) is 0. The van der Waals surface area contributed by atoms with Gasteiger partial charge in [-0.2, -0.15) is 0 Å². The fraction of sp³-hybridized carbons (Fsp3) is 0.556. The molecule has 0 aromatic carbocycles. The molecule has 0 N–H and O–H groups in total. The van der Waals surface area contributed by atoms with Gasteiger partial charge in [-0.3, -0.25) is 0 Å². The quantitative estimate of drug-likeness (QED) is 0.640. The maximum absolute atomic E-state index is 4.89. The van der Waals surface area contributed by atoms with E-state index in [2.05, 4.69) is 25.2 Å². The molecule has 0 aliphatic heterocycles. The molecule has 0 atom stereocenters. The third kappa shape index (κ3) is 7.42. The molecule has 12 heavy (non-hydrogen) atoms. The maximum atomic E-state index is 4.89. The van der Waals surface area contributed by atoms with Crippen LogP contribution in [0.4, 0.5) is 0 Å². The first-order valence-electron chi connectivity index (χ1n) is 4.17. The molecule has 0 amide bonds. The Labute approximate surface area is 91.7 Å². The molecule has 0 unspecified atom stereocenters. The van der Waals surface area contributed by atoms with Crippen LogP contribution in [0.2, 0.25) is 0 Å². The van der Waals surface area contributed by atoms with E-state index in [4.69, 9.17) is 18.6 Å². The van der Waals surface area contributed by atoms with Gasteiger partial charge in [-0.1, -0.05) is 37.1 Å². The average Bonchev–Trinajstić information content (AvgIpc) is 2.54. The molecule has 0 bridgehead atoms. The Morgan fingerprint density at radius 2 is 2.17 bits per heavy atom. The van der Waals surface area contributed by atoms with E-state index in [9.17, 15) is 0 Å². The summed E-state index contributed by atoms with van der Waals surface area (Å²) in [7, 11) is 9.78. The van der Waals surface area contributed by atoms with E-state index < -0.39 is 17.0 Å². The van der Waals surface area contributed by atoms with E-state index in [-0.39, 0.29) is 0 Å². The van der Waals surface area contributed by atoms with Gasteiger partial charge in [0, 0.05) is 0 Å². The number of hydrogen-bond acceptors (Lipinski definition) is 0. The molecule has 0 radical (unpaired) electrons. The van der Waals surface area contributed by atoms with Crippen LogP contribution in [0.1, 0.15) is 32.6 Å². The second kappa shape index (κ2) is 9.86. The standard InChI is InChI=1S/C9H14.2ClH.Ti/c1-2-3-6-9-7-4-5-8-9;;;/h4,7-8H,2-3,5-6H2,1H3;2*1H;/q;;;+2/p-2. The summed E-state index contributed by atoms with van der Waals surface area (Å²) in [5.41, 5.74) is 1.54. The molecule has 1 rings (SSSR count). The van der Waals surface area contributed by atoms with Gasteiger partial charge in [0.1, 0.15) is 0 Å². The number of rotatable bonds is 3. The van der Waals surface area contributed by atoms with Gasteiger partial charge >= 0.3 is 35.6 Å². The molecular weight excluding hydrogens is 227 g/mol. The Morgan fingerprint density at radius 1 is 1.50 bits per heavy atom. The van der Waals surface area contributed by atoms with Crippen molar-refractivity contribution in [1.82, 2.24) is 0 Å². The van der Waals surface area contributed by atoms with Gasteiger partial charge in [-0.25, -0.2) is 0 Å². The van der Waals surface area contributed by atoms with Gasteiger partial charge in [0.25, 0.3) is 0 Å². The Morgan fingerprint density at radius 3 is 2.58 bits per heavy atom. The molecule has 0 nitrogen and oxygen atoms in total. The van der Waals surface area contributed by atoms with Crippen molar-refractivity contribution in [2.75, 3.05) is 0 Å². The van der Waals surface area contributed by atoms with Gasteiger partial charge in [-0.15, -0.1) is 0 Å². The van der Waals surface area contributed by atoms with Crippen LogP contribution >= 0.6 is 18.6 Å². The van der Waals surface area contributed by atoms with Crippen molar-refractivity contribution in [3.05, 3.63) is 23.8 Å². The van der Waals surface area contributed by atoms with Crippen LogP contribution in [-0.2, 0) is 17.0 Å². The fourth-order valence-corrected chi connectivity index (χ4v) is 1.07. The predicted molar refractivity (Wildman–Crippen MR) is 53.1 cm³/mol. The summed E-state index contributed by atoms with van der Waals surface area (Å²) in [5, 5.41) is 0. The number of unbranched alkanes of at least 4 members (excludes halogenated alkanes) is 1. The van der Waals surface area contributed by atoms with E-state index >= 15 is 0 Å². The molecule has 1 aliphatic carbocycles. The van der Waals surface area contributed by atoms with E-state index in [1.807, 2.05) is 0 Å². The summed E-state index contributed by atoms with van der Waals surface area (Å²) >= 11 is -0.556. The van der Waals surface area contributed by atoms with Crippen LogP contribution in [0.5, 0.6) is 0 Å². The zero-order valence-electron chi connectivity index (χ0n) is 7.32. The Bertz CT molecular complexity index is 153. The molecule has 0 saturated heterocycles. The van der Waals surface area contributed by atoms with Gasteiger partial charge in [0.05, 0.1) is 0 Å². The first kappa shape index (κ1) is 12.8. The van der Waals surface area contributed by atoms with Gasteiger partial charge in [-0.05, 0) is 19.3 Å². The first-order valence-corrected chi connectivity index (χ1v) is 8.46. The fourth-order valence-electron chi connectivity index (χ4n) is 1.07. The predicted octanol–water partition coefficient (Wildman–Crippen LogP) is 4.44. The Kier molecular flexibility index (Phi) is 10.5. The van der Waals surface area contributed by atoms with Crippen molar-refractivity contribution in [2.45, 2.75) is 32.6 Å². The van der Waals surface area contributed by atoms with Crippen LogP contribution < -0.4 is 0 Å². The third-order valence-corrected chi connectivity index (χ3v) is 1.67. The van der Waals surface area contributed by atoms with Crippen molar-refractivity contribution >= 4 is 18.6 Å². The molecule has 0 spiro atoms. The van der Waals surface area contributed by atoms with Crippen LogP contribution in [-0.4, -0.2) is 0 Å². The van der Waals surface area contributed by atoms with Crippen LogP contribution in [0.3, 0.4) is 0 Å². The van der Waals surface area contributed by atoms with E-state index in [1.54, 1.807) is 0 Å². The Hall–Kier alpha value is 0.774. The average molecular weight is 241 g/mol. The van der Waals surface area contributed by atoms with Crippen LogP contribution in [0.25, 0.3) is 0 Å². The molecule has 68 valence electrons. The zero-order chi connectivity index (χ0) is 9.23. The summed E-state index contributed by atoms with van der Waals surface area (Å²) in [6, 6.07) is 0. The summed E-state index contributed by atoms with van der Waals surface area (Å²) < 4.78 is 0. The second-order valence-electron chi connectivity index (χ2n) is 2.59. The van der Waals surface area contributed by atoms with Crippen molar-refractivity contribution in [1.29, 1.82) is 0 Å². The normalized spacial score (nSPS) is 13.4. The van der Waals surface area contributed by atoms with Gasteiger partial charge in [0.15, 0.2) is 0 Å². The van der Waals surface area contributed by atoms with Gasteiger partial charge < -0.3 is 0 Å². The minimum atomic E-state index is -0.556.